The number of rotatable bonds is 10. The first-order chi connectivity index (χ1) is 14.3. The molecule has 0 atom stereocenters. The van der Waals surface area contributed by atoms with Crippen LogP contribution in [0.1, 0.15) is 26.2 Å². The van der Waals surface area contributed by atoms with Crippen LogP contribution in [0.5, 0.6) is 0 Å². The van der Waals surface area contributed by atoms with Crippen molar-refractivity contribution in [1.82, 2.24) is 0 Å². The fourth-order valence-corrected chi connectivity index (χ4v) is 5.21. The maximum atomic E-state index is 14.1. The Balaban J connectivity index is 3.48. The monoisotopic (exact) mass is 608 g/mol. The molecule has 0 spiro atoms. The number of hydrogen-bond donors (Lipinski definition) is 0. The standard InChI is InChI=1S/C18H15F13Te/c1-2-3-7-12(32-11-8-5-4-6-9-11)10-13(19,20)14(21,22)15(23,24)16(25,26)17(27,28)18(29,30)31/h4-6,8-10H,2-3,7H2,1H3/b12-10+. The number of benzene rings is 1. The average Bonchev–Trinajstić information content (AvgIpc) is 2.65. The molecule has 0 saturated heterocycles. The minimum atomic E-state index is -7.88. The summed E-state index contributed by atoms with van der Waals surface area (Å²) in [6, 6.07) is 7.25. The summed E-state index contributed by atoms with van der Waals surface area (Å²) in [5, 5.41) is 0. The van der Waals surface area contributed by atoms with Gasteiger partial charge in [0.1, 0.15) is 0 Å². The van der Waals surface area contributed by atoms with E-state index in [2.05, 4.69) is 0 Å². The molecule has 0 aliphatic carbocycles. The van der Waals surface area contributed by atoms with Gasteiger partial charge in [-0.25, -0.2) is 0 Å². The molecule has 0 saturated carbocycles. The molecule has 32 heavy (non-hydrogen) atoms. The second-order valence-corrected chi connectivity index (χ2v) is 9.97. The minimum absolute atomic E-state index is 0.115. The zero-order valence-electron chi connectivity index (χ0n) is 15.9. The third-order valence-corrected chi connectivity index (χ3v) is 7.19. The number of hydrogen-bond acceptors (Lipinski definition) is 0. The normalized spacial score (nSPS) is 15.2. The number of halogens is 13. The van der Waals surface area contributed by atoms with E-state index in [4.69, 9.17) is 0 Å². The van der Waals surface area contributed by atoms with E-state index < -0.39 is 66.4 Å². The fraction of sp³-hybridized carbons (Fsp3) is 0.556. The molecule has 0 heterocycles. The van der Waals surface area contributed by atoms with Crippen molar-refractivity contribution in [2.75, 3.05) is 0 Å². The quantitative estimate of drug-likeness (QED) is 0.203. The first-order valence-corrected chi connectivity index (χ1v) is 11.0. The predicted molar refractivity (Wildman–Crippen MR) is 90.2 cm³/mol. The first kappa shape index (κ1) is 28.9. The van der Waals surface area contributed by atoms with Crippen molar-refractivity contribution in [2.24, 2.45) is 0 Å². The molecular weight excluding hydrogens is 591 g/mol. The van der Waals surface area contributed by atoms with Crippen LogP contribution in [0, 0.1) is 0 Å². The van der Waals surface area contributed by atoms with E-state index in [0.29, 0.717) is 10.0 Å². The molecule has 184 valence electrons. The molecule has 0 amide bonds. The van der Waals surface area contributed by atoms with Gasteiger partial charge in [-0.15, -0.1) is 0 Å². The van der Waals surface area contributed by atoms with E-state index in [1.807, 2.05) is 0 Å². The molecule has 0 unspecified atom stereocenters. The van der Waals surface area contributed by atoms with Crippen molar-refractivity contribution in [3.63, 3.8) is 0 Å². The van der Waals surface area contributed by atoms with Crippen LogP contribution in [0.15, 0.2) is 40.0 Å². The van der Waals surface area contributed by atoms with Gasteiger partial charge in [0.25, 0.3) is 0 Å². The molecule has 1 rings (SSSR count). The van der Waals surface area contributed by atoms with Gasteiger partial charge >= 0.3 is 184 Å². The van der Waals surface area contributed by atoms with E-state index in [-0.39, 0.29) is 12.8 Å². The molecule has 0 aliphatic heterocycles. The molecular formula is C18H15F13Te. The molecule has 0 aromatic heterocycles. The van der Waals surface area contributed by atoms with Crippen LogP contribution < -0.4 is 3.61 Å². The van der Waals surface area contributed by atoms with E-state index in [0.717, 1.165) is 0 Å². The Morgan fingerprint density at radius 2 is 1.19 bits per heavy atom. The Kier molecular flexibility index (Phi) is 8.66. The van der Waals surface area contributed by atoms with Crippen molar-refractivity contribution >= 4 is 24.5 Å². The number of allylic oxidation sites excluding steroid dienone is 2. The number of alkyl halides is 13. The fourth-order valence-electron chi connectivity index (χ4n) is 2.22. The molecule has 0 radical (unpaired) electrons. The Morgan fingerprint density at radius 3 is 1.62 bits per heavy atom. The molecule has 14 heteroatoms. The summed E-state index contributed by atoms with van der Waals surface area (Å²) in [4.78, 5) is 0. The Hall–Kier alpha value is -1.16. The van der Waals surface area contributed by atoms with E-state index in [1.165, 1.54) is 30.3 Å². The van der Waals surface area contributed by atoms with Crippen LogP contribution in [-0.4, -0.2) is 56.7 Å². The van der Waals surface area contributed by atoms with Gasteiger partial charge < -0.3 is 0 Å². The third kappa shape index (κ3) is 5.32. The van der Waals surface area contributed by atoms with Gasteiger partial charge in [0.2, 0.25) is 0 Å². The molecule has 0 bridgehead atoms. The van der Waals surface area contributed by atoms with Crippen LogP contribution in [-0.2, 0) is 0 Å². The Bertz CT molecular complexity index is 782. The Morgan fingerprint density at radius 1 is 0.719 bits per heavy atom. The van der Waals surface area contributed by atoms with Gasteiger partial charge in [-0.1, -0.05) is 0 Å². The summed E-state index contributed by atoms with van der Waals surface area (Å²) in [6.45, 7) is 1.57. The topological polar surface area (TPSA) is 0 Å². The van der Waals surface area contributed by atoms with Crippen LogP contribution >= 0.6 is 0 Å². The van der Waals surface area contributed by atoms with Crippen LogP contribution in [0.4, 0.5) is 57.1 Å². The summed E-state index contributed by atoms with van der Waals surface area (Å²) in [7, 11) is 0. The van der Waals surface area contributed by atoms with Gasteiger partial charge in [-0.05, 0) is 0 Å². The molecule has 0 nitrogen and oxygen atoms in total. The zero-order chi connectivity index (χ0) is 25.2. The van der Waals surface area contributed by atoms with Gasteiger partial charge in [0.15, 0.2) is 0 Å². The molecule has 0 aliphatic rings. The van der Waals surface area contributed by atoms with Crippen molar-refractivity contribution < 1.29 is 57.1 Å². The predicted octanol–water partition coefficient (Wildman–Crippen LogP) is 6.83. The SMILES string of the molecule is CCCC/C(=C\C(F)(F)C(F)(F)C(F)(F)C(F)(F)C(F)(F)C(F)(F)F)[Te]c1ccccc1. The van der Waals surface area contributed by atoms with Gasteiger partial charge in [-0.3, -0.25) is 0 Å². The Labute approximate surface area is 183 Å². The number of unbranched alkanes of at least 4 members (excludes halogenated alkanes) is 1. The van der Waals surface area contributed by atoms with E-state index >= 15 is 0 Å². The van der Waals surface area contributed by atoms with Crippen LogP contribution in [0.3, 0.4) is 0 Å². The second kappa shape index (κ2) is 9.60. The van der Waals surface area contributed by atoms with Gasteiger partial charge in [0.05, 0.1) is 0 Å². The van der Waals surface area contributed by atoms with Crippen LogP contribution in [0.2, 0.25) is 0 Å². The first-order valence-electron chi connectivity index (χ1n) is 8.66. The summed E-state index contributed by atoms with van der Waals surface area (Å²) < 4.78 is 172. The van der Waals surface area contributed by atoms with Crippen molar-refractivity contribution in [2.45, 2.75) is 62.0 Å². The molecule has 0 N–H and O–H groups in total. The molecule has 0 fully saturated rings. The summed E-state index contributed by atoms with van der Waals surface area (Å²) >= 11 is -1.90. The summed E-state index contributed by atoms with van der Waals surface area (Å²) in [5.41, 5.74) is 0. The van der Waals surface area contributed by atoms with Crippen molar-refractivity contribution in [3.8, 4) is 0 Å². The summed E-state index contributed by atoms with van der Waals surface area (Å²) in [6.07, 6.45) is -7.99. The third-order valence-electron chi connectivity index (χ3n) is 4.07. The van der Waals surface area contributed by atoms with Crippen molar-refractivity contribution in [1.29, 1.82) is 0 Å². The molecule has 1 aromatic carbocycles. The summed E-state index contributed by atoms with van der Waals surface area (Å²) in [5.74, 6) is -36.8. The zero-order valence-corrected chi connectivity index (χ0v) is 18.2. The van der Waals surface area contributed by atoms with Crippen molar-refractivity contribution in [3.05, 3.63) is 40.0 Å². The second-order valence-electron chi connectivity index (χ2n) is 6.55. The maximum absolute atomic E-state index is 14.1. The van der Waals surface area contributed by atoms with Crippen LogP contribution in [0.25, 0.3) is 0 Å². The molecule has 1 aromatic rings. The van der Waals surface area contributed by atoms with E-state index in [1.54, 1.807) is 6.92 Å². The van der Waals surface area contributed by atoms with E-state index in [9.17, 15) is 57.1 Å². The van der Waals surface area contributed by atoms with Gasteiger partial charge in [0, 0.05) is 0 Å². The average molecular weight is 606 g/mol. The van der Waals surface area contributed by atoms with Gasteiger partial charge in [-0.2, -0.15) is 0 Å².